The Hall–Kier alpha value is -1.36. The molecule has 1 saturated heterocycles. The highest BCUT2D eigenvalue weighted by Crippen LogP contribution is 2.41. The largest absolute Gasteiger partial charge is 0.361 e. The fourth-order valence-electron chi connectivity index (χ4n) is 2.78. The van der Waals surface area contributed by atoms with E-state index in [9.17, 15) is 4.79 Å². The van der Waals surface area contributed by atoms with Crippen molar-refractivity contribution in [2.24, 2.45) is 11.8 Å². The number of piperidine rings is 1. The molecule has 3 rings (SSSR count). The van der Waals surface area contributed by atoms with Crippen LogP contribution < -0.4 is 10.6 Å². The topological polar surface area (TPSA) is 67.2 Å². The molecule has 0 bridgehead atoms. The molecule has 2 fully saturated rings. The molecular weight excluding hydrogens is 218 g/mol. The molecule has 2 N–H and O–H groups in total. The van der Waals surface area contributed by atoms with Crippen LogP contribution in [0.15, 0.2) is 4.52 Å². The second kappa shape index (κ2) is 3.84. The number of amides is 1. The Kier molecular flexibility index (Phi) is 2.43. The summed E-state index contributed by atoms with van der Waals surface area (Å²) in [5.41, 5.74) is 1.74. The fraction of sp³-hybridized carbons (Fsp3) is 0.667. The Morgan fingerprint density at radius 1 is 1.47 bits per heavy atom. The molecule has 2 heterocycles. The summed E-state index contributed by atoms with van der Waals surface area (Å²) in [6.07, 6.45) is 0.379. The molecule has 5 nitrogen and oxygen atoms in total. The van der Waals surface area contributed by atoms with Gasteiger partial charge < -0.3 is 15.2 Å². The van der Waals surface area contributed by atoms with Gasteiger partial charge in [-0.25, -0.2) is 0 Å². The number of hydrogen-bond acceptors (Lipinski definition) is 4. The number of aryl methyl sites for hydroxylation is 2. The van der Waals surface area contributed by atoms with Crippen LogP contribution in [0.25, 0.3) is 0 Å². The van der Waals surface area contributed by atoms with Gasteiger partial charge in [0.25, 0.3) is 0 Å². The van der Waals surface area contributed by atoms with E-state index in [4.69, 9.17) is 4.52 Å². The second-order valence-corrected chi connectivity index (χ2v) is 5.06. The van der Waals surface area contributed by atoms with Crippen molar-refractivity contribution in [1.29, 1.82) is 0 Å². The van der Waals surface area contributed by atoms with Gasteiger partial charge in [0.15, 0.2) is 0 Å². The van der Waals surface area contributed by atoms with Crippen molar-refractivity contribution >= 4 is 5.91 Å². The number of nitrogens with one attached hydrogen (secondary N) is 2. The van der Waals surface area contributed by atoms with E-state index in [1.165, 1.54) is 0 Å². The smallest absolute Gasteiger partial charge is 0.224 e. The third-order valence-corrected chi connectivity index (χ3v) is 3.94. The normalized spacial score (nSPS) is 30.1. The lowest BCUT2D eigenvalue weighted by atomic mass is 10.1. The van der Waals surface area contributed by atoms with Crippen molar-refractivity contribution in [3.05, 3.63) is 17.0 Å². The number of nitrogens with zero attached hydrogens (tertiary/aromatic N) is 1. The highest BCUT2D eigenvalue weighted by molar-refractivity contribution is 5.79. The number of hydrogen-bond donors (Lipinski definition) is 2. The summed E-state index contributed by atoms with van der Waals surface area (Å²) in [6, 6.07) is 0.393. The number of carbonyl (C=O) groups is 1. The van der Waals surface area contributed by atoms with Crippen LogP contribution in [0.4, 0.5) is 0 Å². The van der Waals surface area contributed by atoms with E-state index in [0.29, 0.717) is 24.3 Å². The van der Waals surface area contributed by atoms with Crippen molar-refractivity contribution in [2.75, 3.05) is 13.1 Å². The van der Waals surface area contributed by atoms with E-state index in [1.807, 2.05) is 13.8 Å². The molecule has 2 atom stereocenters. The van der Waals surface area contributed by atoms with E-state index in [0.717, 1.165) is 30.1 Å². The molecular formula is C12H17N3O2. The number of carbonyl (C=O) groups excluding carboxylic acids is 1. The summed E-state index contributed by atoms with van der Waals surface area (Å²) in [5, 5.41) is 10.3. The first kappa shape index (κ1) is 10.8. The maximum atomic E-state index is 11.9. The van der Waals surface area contributed by atoms with Crippen molar-refractivity contribution in [1.82, 2.24) is 15.8 Å². The van der Waals surface area contributed by atoms with Crippen LogP contribution in [0.5, 0.6) is 0 Å². The third kappa shape index (κ3) is 1.84. The van der Waals surface area contributed by atoms with Gasteiger partial charge in [-0.15, -0.1) is 0 Å². The zero-order valence-corrected chi connectivity index (χ0v) is 10.1. The Labute approximate surface area is 99.9 Å². The van der Waals surface area contributed by atoms with Gasteiger partial charge in [-0.05, 0) is 25.7 Å². The van der Waals surface area contributed by atoms with Crippen LogP contribution in [0.2, 0.25) is 0 Å². The Morgan fingerprint density at radius 2 is 2.18 bits per heavy atom. The Bertz CT molecular complexity index is 425. The van der Waals surface area contributed by atoms with E-state index in [-0.39, 0.29) is 5.91 Å². The summed E-state index contributed by atoms with van der Waals surface area (Å²) in [7, 11) is 0. The Balaban J connectivity index is 1.57. The number of rotatable bonds is 3. The summed E-state index contributed by atoms with van der Waals surface area (Å²) in [6.45, 7) is 5.80. The van der Waals surface area contributed by atoms with Crippen molar-refractivity contribution in [3.8, 4) is 0 Å². The molecule has 1 aromatic rings. The van der Waals surface area contributed by atoms with Gasteiger partial charge in [0, 0.05) is 24.7 Å². The van der Waals surface area contributed by atoms with E-state index in [1.54, 1.807) is 0 Å². The van der Waals surface area contributed by atoms with Crippen LogP contribution in [0.1, 0.15) is 17.0 Å². The number of fused-ring (bicyclic) bond motifs is 1. The summed E-state index contributed by atoms with van der Waals surface area (Å²) >= 11 is 0. The van der Waals surface area contributed by atoms with Crippen LogP contribution in [0.3, 0.4) is 0 Å². The lowest BCUT2D eigenvalue weighted by Crippen LogP contribution is -2.33. The van der Waals surface area contributed by atoms with Gasteiger partial charge in [0.1, 0.15) is 5.76 Å². The van der Waals surface area contributed by atoms with Gasteiger partial charge >= 0.3 is 0 Å². The molecule has 0 radical (unpaired) electrons. The molecule has 1 aromatic heterocycles. The molecule has 2 unspecified atom stereocenters. The standard InChI is InChI=1S/C12H17N3O2/c1-6-8(7(2)17-15-6)3-11(16)14-12-9-4-13-5-10(9)12/h9-10,12-13H,3-5H2,1-2H3,(H,14,16). The summed E-state index contributed by atoms with van der Waals surface area (Å²) < 4.78 is 5.05. The molecule has 1 aliphatic heterocycles. The van der Waals surface area contributed by atoms with Crippen LogP contribution in [0, 0.1) is 25.7 Å². The fourth-order valence-corrected chi connectivity index (χ4v) is 2.78. The molecule has 2 aliphatic rings. The molecule has 17 heavy (non-hydrogen) atoms. The molecule has 1 saturated carbocycles. The minimum Gasteiger partial charge on any atom is -0.361 e. The van der Waals surface area contributed by atoms with Gasteiger partial charge in [0.05, 0.1) is 12.1 Å². The summed E-state index contributed by atoms with van der Waals surface area (Å²) in [4.78, 5) is 11.9. The van der Waals surface area contributed by atoms with Crippen LogP contribution in [-0.4, -0.2) is 30.2 Å². The van der Waals surface area contributed by atoms with Gasteiger partial charge in [0.2, 0.25) is 5.91 Å². The highest BCUT2D eigenvalue weighted by atomic mass is 16.5. The number of aromatic nitrogens is 1. The molecule has 92 valence electrons. The molecule has 1 amide bonds. The SMILES string of the molecule is Cc1noc(C)c1CC(=O)NC1C2CNCC21. The summed E-state index contributed by atoms with van der Waals surface area (Å²) in [5.74, 6) is 2.14. The zero-order valence-electron chi connectivity index (χ0n) is 10.1. The van der Waals surface area contributed by atoms with Crippen molar-refractivity contribution < 1.29 is 9.32 Å². The second-order valence-electron chi connectivity index (χ2n) is 5.06. The van der Waals surface area contributed by atoms with Crippen LogP contribution in [-0.2, 0) is 11.2 Å². The van der Waals surface area contributed by atoms with Crippen LogP contribution >= 0.6 is 0 Å². The van der Waals surface area contributed by atoms with E-state index < -0.39 is 0 Å². The lowest BCUT2D eigenvalue weighted by Gasteiger charge is -2.07. The highest BCUT2D eigenvalue weighted by Gasteiger charge is 2.53. The minimum atomic E-state index is 0.0822. The molecule has 0 aromatic carbocycles. The maximum absolute atomic E-state index is 11.9. The molecule has 5 heteroatoms. The average Bonchev–Trinajstić information content (AvgIpc) is 2.67. The average molecular weight is 235 g/mol. The quantitative estimate of drug-likeness (QED) is 0.783. The maximum Gasteiger partial charge on any atom is 0.224 e. The van der Waals surface area contributed by atoms with Gasteiger partial charge in [-0.1, -0.05) is 5.16 Å². The first-order chi connectivity index (χ1) is 8.16. The van der Waals surface area contributed by atoms with Gasteiger partial charge in [-0.3, -0.25) is 4.79 Å². The van der Waals surface area contributed by atoms with Crippen molar-refractivity contribution in [2.45, 2.75) is 26.3 Å². The predicted octanol–water partition coefficient (Wildman–Crippen LogP) is 0.168. The predicted molar refractivity (Wildman–Crippen MR) is 61.5 cm³/mol. The van der Waals surface area contributed by atoms with E-state index in [2.05, 4.69) is 15.8 Å². The first-order valence-electron chi connectivity index (χ1n) is 6.08. The molecule has 0 spiro atoms. The molecule has 1 aliphatic carbocycles. The monoisotopic (exact) mass is 235 g/mol. The van der Waals surface area contributed by atoms with Gasteiger partial charge in [-0.2, -0.15) is 0 Å². The van der Waals surface area contributed by atoms with Crippen molar-refractivity contribution in [3.63, 3.8) is 0 Å². The Morgan fingerprint density at radius 3 is 2.76 bits per heavy atom. The first-order valence-corrected chi connectivity index (χ1v) is 6.08. The zero-order chi connectivity index (χ0) is 12.0. The minimum absolute atomic E-state index is 0.0822. The third-order valence-electron chi connectivity index (χ3n) is 3.94. The lowest BCUT2D eigenvalue weighted by molar-refractivity contribution is -0.120. The van der Waals surface area contributed by atoms with E-state index >= 15 is 0 Å².